The van der Waals surface area contributed by atoms with E-state index in [1.54, 1.807) is 26.6 Å². The first kappa shape index (κ1) is 18.4. The number of rotatable bonds is 9. The number of hydrogen-bond donors (Lipinski definition) is 2. The summed E-state index contributed by atoms with van der Waals surface area (Å²) in [4.78, 5) is 13.0. The zero-order chi connectivity index (χ0) is 18.9. The molecule has 7 nitrogen and oxygen atoms in total. The summed E-state index contributed by atoms with van der Waals surface area (Å²) in [5, 5.41) is 6.50. The summed E-state index contributed by atoms with van der Waals surface area (Å²) >= 11 is 0. The minimum Gasteiger partial charge on any atom is -0.493 e. The van der Waals surface area contributed by atoms with Gasteiger partial charge in [-0.25, -0.2) is 4.98 Å². The van der Waals surface area contributed by atoms with Gasteiger partial charge in [0.25, 0.3) is 0 Å². The lowest BCUT2D eigenvalue weighted by Crippen LogP contribution is -2.09. The Morgan fingerprint density at radius 3 is 2.56 bits per heavy atom. The average Bonchev–Trinajstić information content (AvgIpc) is 2.73. The van der Waals surface area contributed by atoms with Gasteiger partial charge in [-0.2, -0.15) is 4.98 Å². The highest BCUT2D eigenvalue weighted by atomic mass is 16.5. The van der Waals surface area contributed by atoms with Gasteiger partial charge in [0.1, 0.15) is 5.82 Å². The first-order valence-electron chi connectivity index (χ1n) is 8.70. The monoisotopic (exact) mass is 365 g/mol. The van der Waals surface area contributed by atoms with Crippen LogP contribution in [-0.2, 0) is 13.0 Å². The zero-order valence-corrected chi connectivity index (χ0v) is 15.5. The van der Waals surface area contributed by atoms with Gasteiger partial charge in [0.05, 0.1) is 26.5 Å². The van der Waals surface area contributed by atoms with Gasteiger partial charge in [0.2, 0.25) is 5.95 Å². The fraction of sp³-hybridized carbons (Fsp3) is 0.250. The molecule has 0 unspecified atom stereocenters. The molecule has 0 fully saturated rings. The molecule has 3 rings (SSSR count). The average molecular weight is 365 g/mol. The number of benzene rings is 1. The molecule has 0 aliphatic rings. The third-order valence-electron chi connectivity index (χ3n) is 3.98. The minimum atomic E-state index is 0.566. The Labute approximate surface area is 158 Å². The maximum absolute atomic E-state index is 5.34. The number of nitrogens with one attached hydrogen (secondary N) is 2. The second kappa shape index (κ2) is 9.38. The molecule has 140 valence electrons. The Kier molecular flexibility index (Phi) is 6.40. The SMILES string of the molecule is COc1ccc(CCNc2ccnc(NCc3ccccn3)n2)cc1OC. The Morgan fingerprint density at radius 2 is 1.78 bits per heavy atom. The minimum absolute atomic E-state index is 0.566. The van der Waals surface area contributed by atoms with Crippen LogP contribution in [0, 0.1) is 0 Å². The Hall–Kier alpha value is -3.35. The molecule has 0 aliphatic heterocycles. The molecule has 0 spiro atoms. The van der Waals surface area contributed by atoms with E-state index in [1.807, 2.05) is 42.5 Å². The third-order valence-corrected chi connectivity index (χ3v) is 3.98. The van der Waals surface area contributed by atoms with Gasteiger partial charge in [0, 0.05) is 18.9 Å². The van der Waals surface area contributed by atoms with Crippen LogP contribution in [-0.4, -0.2) is 35.7 Å². The summed E-state index contributed by atoms with van der Waals surface area (Å²) in [6, 6.07) is 13.6. The van der Waals surface area contributed by atoms with E-state index >= 15 is 0 Å². The lowest BCUT2D eigenvalue weighted by molar-refractivity contribution is 0.354. The van der Waals surface area contributed by atoms with Crippen LogP contribution in [0.1, 0.15) is 11.3 Å². The first-order valence-corrected chi connectivity index (χ1v) is 8.70. The normalized spacial score (nSPS) is 10.3. The predicted octanol–water partition coefficient (Wildman–Crippen LogP) is 3.16. The van der Waals surface area contributed by atoms with E-state index in [1.165, 1.54) is 0 Å². The largest absolute Gasteiger partial charge is 0.493 e. The van der Waals surface area contributed by atoms with Gasteiger partial charge in [-0.1, -0.05) is 12.1 Å². The van der Waals surface area contributed by atoms with Gasteiger partial charge < -0.3 is 20.1 Å². The van der Waals surface area contributed by atoms with Crippen molar-refractivity contribution in [3.63, 3.8) is 0 Å². The van der Waals surface area contributed by atoms with Crippen LogP contribution in [0.2, 0.25) is 0 Å². The molecule has 2 N–H and O–H groups in total. The molecule has 0 aliphatic carbocycles. The van der Waals surface area contributed by atoms with Crippen molar-refractivity contribution in [3.05, 3.63) is 66.1 Å². The van der Waals surface area contributed by atoms with Crippen molar-refractivity contribution in [1.82, 2.24) is 15.0 Å². The molecular formula is C20H23N5O2. The van der Waals surface area contributed by atoms with Gasteiger partial charge in [0.15, 0.2) is 11.5 Å². The number of aromatic nitrogens is 3. The second-order valence-corrected chi connectivity index (χ2v) is 5.81. The van der Waals surface area contributed by atoms with Crippen LogP contribution in [0.5, 0.6) is 11.5 Å². The topological polar surface area (TPSA) is 81.2 Å². The standard InChI is InChI=1S/C20H23N5O2/c1-26-17-7-6-15(13-18(17)27-2)8-11-22-19-9-12-23-20(25-19)24-14-16-5-3-4-10-21-16/h3-7,9-10,12-13H,8,11,14H2,1-2H3,(H2,22,23,24,25). The maximum atomic E-state index is 5.34. The molecule has 3 aromatic rings. The van der Waals surface area contributed by atoms with Crippen molar-refractivity contribution >= 4 is 11.8 Å². The van der Waals surface area contributed by atoms with Crippen LogP contribution in [0.25, 0.3) is 0 Å². The number of hydrogen-bond acceptors (Lipinski definition) is 7. The van der Waals surface area contributed by atoms with Crippen molar-refractivity contribution in [2.75, 3.05) is 31.4 Å². The molecule has 0 atom stereocenters. The lowest BCUT2D eigenvalue weighted by atomic mass is 10.1. The van der Waals surface area contributed by atoms with Crippen LogP contribution >= 0.6 is 0 Å². The molecular weight excluding hydrogens is 342 g/mol. The van der Waals surface area contributed by atoms with E-state index in [2.05, 4.69) is 25.6 Å². The number of pyridine rings is 1. The van der Waals surface area contributed by atoms with E-state index in [0.717, 1.165) is 41.5 Å². The highest BCUT2D eigenvalue weighted by molar-refractivity contribution is 5.44. The second-order valence-electron chi connectivity index (χ2n) is 5.81. The van der Waals surface area contributed by atoms with Crippen LogP contribution in [0.4, 0.5) is 11.8 Å². The molecule has 2 heterocycles. The third kappa shape index (κ3) is 5.31. The smallest absolute Gasteiger partial charge is 0.224 e. The summed E-state index contributed by atoms with van der Waals surface area (Å²) in [6.45, 7) is 1.32. The Bertz CT molecular complexity index is 858. The van der Waals surface area contributed by atoms with E-state index in [-0.39, 0.29) is 0 Å². The molecule has 0 saturated carbocycles. The lowest BCUT2D eigenvalue weighted by Gasteiger charge is -2.11. The highest BCUT2D eigenvalue weighted by Gasteiger charge is 2.05. The quantitative estimate of drug-likeness (QED) is 0.603. The Morgan fingerprint density at radius 1 is 0.889 bits per heavy atom. The molecule has 27 heavy (non-hydrogen) atoms. The van der Waals surface area contributed by atoms with E-state index in [0.29, 0.717) is 12.5 Å². The molecule has 0 amide bonds. The van der Waals surface area contributed by atoms with E-state index < -0.39 is 0 Å². The number of methoxy groups -OCH3 is 2. The Balaban J connectivity index is 1.52. The molecule has 2 aromatic heterocycles. The first-order chi connectivity index (χ1) is 13.3. The molecule has 1 aromatic carbocycles. The van der Waals surface area contributed by atoms with Gasteiger partial charge >= 0.3 is 0 Å². The number of ether oxygens (including phenoxy) is 2. The summed E-state index contributed by atoms with van der Waals surface area (Å²) in [5.41, 5.74) is 2.09. The maximum Gasteiger partial charge on any atom is 0.224 e. The number of nitrogens with zero attached hydrogens (tertiary/aromatic N) is 3. The van der Waals surface area contributed by atoms with Gasteiger partial charge in [-0.15, -0.1) is 0 Å². The fourth-order valence-corrected chi connectivity index (χ4v) is 2.59. The number of anilines is 2. The van der Waals surface area contributed by atoms with E-state index in [9.17, 15) is 0 Å². The van der Waals surface area contributed by atoms with Crippen molar-refractivity contribution in [1.29, 1.82) is 0 Å². The summed E-state index contributed by atoms with van der Waals surface area (Å²) in [6.07, 6.45) is 4.33. The fourth-order valence-electron chi connectivity index (χ4n) is 2.59. The van der Waals surface area contributed by atoms with Gasteiger partial charge in [-0.05, 0) is 42.3 Å². The molecule has 7 heteroatoms. The van der Waals surface area contributed by atoms with Gasteiger partial charge in [-0.3, -0.25) is 4.98 Å². The summed E-state index contributed by atoms with van der Waals surface area (Å²) in [7, 11) is 3.27. The summed E-state index contributed by atoms with van der Waals surface area (Å²) < 4.78 is 10.6. The van der Waals surface area contributed by atoms with E-state index in [4.69, 9.17) is 9.47 Å². The molecule has 0 radical (unpaired) electrons. The molecule has 0 bridgehead atoms. The zero-order valence-electron chi connectivity index (χ0n) is 15.5. The van der Waals surface area contributed by atoms with Crippen molar-refractivity contribution < 1.29 is 9.47 Å². The van der Waals surface area contributed by atoms with Crippen LogP contribution in [0.3, 0.4) is 0 Å². The van der Waals surface area contributed by atoms with Crippen LogP contribution in [0.15, 0.2) is 54.9 Å². The van der Waals surface area contributed by atoms with Crippen molar-refractivity contribution in [2.45, 2.75) is 13.0 Å². The highest BCUT2D eigenvalue weighted by Crippen LogP contribution is 2.27. The van der Waals surface area contributed by atoms with Crippen molar-refractivity contribution in [3.8, 4) is 11.5 Å². The van der Waals surface area contributed by atoms with Crippen LogP contribution < -0.4 is 20.1 Å². The molecule has 0 saturated heterocycles. The van der Waals surface area contributed by atoms with Crippen molar-refractivity contribution in [2.24, 2.45) is 0 Å². The predicted molar refractivity (Wildman–Crippen MR) is 105 cm³/mol. The summed E-state index contributed by atoms with van der Waals surface area (Å²) in [5.74, 6) is 2.80.